The molecule has 6 nitrogen and oxygen atoms in total. The van der Waals surface area contributed by atoms with Crippen molar-refractivity contribution in [3.63, 3.8) is 0 Å². The van der Waals surface area contributed by atoms with Crippen LogP contribution in [0.15, 0.2) is 57.0 Å². The molecule has 0 heterocycles. The normalized spacial score (nSPS) is 10.8. The lowest BCUT2D eigenvalue weighted by Gasteiger charge is -2.09. The SMILES string of the molecule is CCCCNC(=O)/C(C#N)=C/c1ccc(OC(=O)COc2ccc(Br)cc2Br)cc1. The molecular weight excluding hydrogens is 516 g/mol. The second-order valence-corrected chi connectivity index (χ2v) is 7.96. The van der Waals surface area contributed by atoms with E-state index in [1.54, 1.807) is 36.4 Å². The predicted octanol–water partition coefficient (Wildman–Crippen LogP) is 5.02. The molecule has 0 radical (unpaired) electrons. The van der Waals surface area contributed by atoms with Crippen LogP contribution in [0.4, 0.5) is 0 Å². The molecule has 0 bridgehead atoms. The fourth-order valence-electron chi connectivity index (χ4n) is 2.31. The first-order valence-corrected chi connectivity index (χ1v) is 10.8. The van der Waals surface area contributed by atoms with Crippen LogP contribution in [-0.4, -0.2) is 25.0 Å². The number of nitrogens with zero attached hydrogens (tertiary/aromatic N) is 1. The van der Waals surface area contributed by atoms with Gasteiger partial charge in [0.15, 0.2) is 6.61 Å². The van der Waals surface area contributed by atoms with Gasteiger partial charge in [-0.25, -0.2) is 4.79 Å². The smallest absolute Gasteiger partial charge is 0.349 e. The molecule has 8 heteroatoms. The van der Waals surface area contributed by atoms with Crippen LogP contribution in [-0.2, 0) is 9.59 Å². The zero-order valence-corrected chi connectivity index (χ0v) is 19.5. The summed E-state index contributed by atoms with van der Waals surface area (Å²) >= 11 is 6.71. The van der Waals surface area contributed by atoms with Gasteiger partial charge in [0.25, 0.3) is 5.91 Å². The topological polar surface area (TPSA) is 88.4 Å². The van der Waals surface area contributed by atoms with Crippen molar-refractivity contribution in [1.82, 2.24) is 5.32 Å². The zero-order chi connectivity index (χ0) is 21.9. The van der Waals surface area contributed by atoms with Gasteiger partial charge in [0, 0.05) is 11.0 Å². The number of hydrogen-bond acceptors (Lipinski definition) is 5. The number of esters is 1. The number of ether oxygens (including phenoxy) is 2. The average Bonchev–Trinajstić information content (AvgIpc) is 2.72. The molecule has 2 aromatic rings. The van der Waals surface area contributed by atoms with Crippen LogP contribution < -0.4 is 14.8 Å². The molecule has 2 aromatic carbocycles. The van der Waals surface area contributed by atoms with Crippen LogP contribution in [0.5, 0.6) is 11.5 Å². The van der Waals surface area contributed by atoms with E-state index < -0.39 is 11.9 Å². The Labute approximate surface area is 192 Å². The summed E-state index contributed by atoms with van der Waals surface area (Å²) in [5, 5.41) is 11.9. The molecule has 1 amide bonds. The largest absolute Gasteiger partial charge is 0.481 e. The lowest BCUT2D eigenvalue weighted by Crippen LogP contribution is -2.25. The highest BCUT2D eigenvalue weighted by molar-refractivity contribution is 9.11. The van der Waals surface area contributed by atoms with E-state index in [-0.39, 0.29) is 12.2 Å². The lowest BCUT2D eigenvalue weighted by atomic mass is 10.1. The Hall–Kier alpha value is -2.63. The molecule has 0 atom stereocenters. The minimum atomic E-state index is -0.555. The van der Waals surface area contributed by atoms with Gasteiger partial charge < -0.3 is 14.8 Å². The van der Waals surface area contributed by atoms with E-state index in [1.807, 2.05) is 19.1 Å². The molecule has 0 saturated heterocycles. The van der Waals surface area contributed by atoms with Gasteiger partial charge in [-0.3, -0.25) is 4.79 Å². The lowest BCUT2D eigenvalue weighted by molar-refractivity contribution is -0.136. The molecule has 1 N–H and O–H groups in total. The van der Waals surface area contributed by atoms with Crippen molar-refractivity contribution < 1.29 is 19.1 Å². The third-order valence-electron chi connectivity index (χ3n) is 3.84. The molecule has 30 heavy (non-hydrogen) atoms. The van der Waals surface area contributed by atoms with Gasteiger partial charge in [-0.15, -0.1) is 0 Å². The van der Waals surface area contributed by atoms with Crippen molar-refractivity contribution >= 4 is 49.8 Å². The van der Waals surface area contributed by atoms with E-state index in [0.29, 0.717) is 28.1 Å². The van der Waals surface area contributed by atoms with Gasteiger partial charge in [-0.2, -0.15) is 5.26 Å². The fourth-order valence-corrected chi connectivity index (χ4v) is 3.47. The van der Waals surface area contributed by atoms with E-state index in [1.165, 1.54) is 6.08 Å². The molecule has 2 rings (SSSR count). The number of nitriles is 1. The number of nitrogens with one attached hydrogen (secondary N) is 1. The third kappa shape index (κ3) is 7.65. The molecule has 0 aromatic heterocycles. The van der Waals surface area contributed by atoms with E-state index in [9.17, 15) is 14.9 Å². The zero-order valence-electron chi connectivity index (χ0n) is 16.3. The van der Waals surface area contributed by atoms with Crippen molar-refractivity contribution in [3.8, 4) is 17.6 Å². The number of rotatable bonds is 9. The van der Waals surface area contributed by atoms with Gasteiger partial charge in [0.1, 0.15) is 23.1 Å². The first kappa shape index (κ1) is 23.6. The molecule has 156 valence electrons. The molecule has 0 unspecified atom stereocenters. The Balaban J connectivity index is 1.92. The highest BCUT2D eigenvalue weighted by Crippen LogP contribution is 2.28. The molecule has 0 spiro atoms. The van der Waals surface area contributed by atoms with Crippen LogP contribution in [0, 0.1) is 11.3 Å². The number of benzene rings is 2. The first-order chi connectivity index (χ1) is 14.4. The minimum absolute atomic E-state index is 0.0179. The number of carbonyl (C=O) groups is 2. The first-order valence-electron chi connectivity index (χ1n) is 9.21. The van der Waals surface area contributed by atoms with Gasteiger partial charge in [-0.1, -0.05) is 41.4 Å². The Morgan fingerprint density at radius 3 is 2.53 bits per heavy atom. The Kier molecular flexibility index (Phi) is 9.58. The predicted molar refractivity (Wildman–Crippen MR) is 121 cm³/mol. The molecule has 0 aliphatic heterocycles. The van der Waals surface area contributed by atoms with Gasteiger partial charge in [0.05, 0.1) is 4.47 Å². The quantitative estimate of drug-likeness (QED) is 0.160. The van der Waals surface area contributed by atoms with E-state index >= 15 is 0 Å². The van der Waals surface area contributed by atoms with Crippen molar-refractivity contribution in [2.24, 2.45) is 0 Å². The Bertz CT molecular complexity index is 966. The highest BCUT2D eigenvalue weighted by atomic mass is 79.9. The summed E-state index contributed by atoms with van der Waals surface area (Å²) in [4.78, 5) is 24.0. The van der Waals surface area contributed by atoms with E-state index in [0.717, 1.165) is 17.3 Å². The van der Waals surface area contributed by atoms with Crippen LogP contribution in [0.3, 0.4) is 0 Å². The summed E-state index contributed by atoms with van der Waals surface area (Å²) in [5.41, 5.74) is 0.663. The molecule has 0 fully saturated rings. The van der Waals surface area contributed by atoms with Crippen LogP contribution >= 0.6 is 31.9 Å². The van der Waals surface area contributed by atoms with E-state index in [2.05, 4.69) is 37.2 Å². The monoisotopic (exact) mass is 534 g/mol. The molecule has 0 aliphatic carbocycles. The Morgan fingerprint density at radius 1 is 1.17 bits per heavy atom. The fraction of sp³-hybridized carbons (Fsp3) is 0.227. The summed E-state index contributed by atoms with van der Waals surface area (Å²) in [6.07, 6.45) is 3.30. The maximum atomic E-state index is 12.0. The standard InChI is InChI=1S/C22H20Br2N2O4/c1-2-3-10-26-22(28)16(13-25)11-15-4-7-18(8-5-15)30-21(27)14-29-20-9-6-17(23)12-19(20)24/h4-9,11-12H,2-3,10,14H2,1H3,(H,26,28)/b16-11+. The Morgan fingerprint density at radius 2 is 1.90 bits per heavy atom. The molecule has 0 aliphatic rings. The number of unbranched alkanes of at least 4 members (excludes halogenated alkanes) is 1. The minimum Gasteiger partial charge on any atom is -0.481 e. The third-order valence-corrected chi connectivity index (χ3v) is 4.96. The number of hydrogen-bond donors (Lipinski definition) is 1. The van der Waals surface area contributed by atoms with Crippen LogP contribution in [0.1, 0.15) is 25.3 Å². The summed E-state index contributed by atoms with van der Waals surface area (Å²) in [6, 6.07) is 13.7. The number of amides is 1. The van der Waals surface area contributed by atoms with Crippen molar-refractivity contribution in [1.29, 1.82) is 5.26 Å². The number of halogens is 2. The highest BCUT2D eigenvalue weighted by Gasteiger charge is 2.10. The van der Waals surface area contributed by atoms with Gasteiger partial charge >= 0.3 is 5.97 Å². The summed E-state index contributed by atoms with van der Waals surface area (Å²) in [7, 11) is 0. The number of carbonyl (C=O) groups excluding carboxylic acids is 2. The van der Waals surface area contributed by atoms with Crippen LogP contribution in [0.25, 0.3) is 6.08 Å². The van der Waals surface area contributed by atoms with Gasteiger partial charge in [0.2, 0.25) is 0 Å². The second-order valence-electron chi connectivity index (χ2n) is 6.19. The summed E-state index contributed by atoms with van der Waals surface area (Å²) in [6.45, 7) is 2.30. The van der Waals surface area contributed by atoms with E-state index in [4.69, 9.17) is 9.47 Å². The maximum absolute atomic E-state index is 12.0. The van der Waals surface area contributed by atoms with Crippen LogP contribution in [0.2, 0.25) is 0 Å². The maximum Gasteiger partial charge on any atom is 0.349 e. The molecular formula is C22H20Br2N2O4. The summed E-state index contributed by atoms with van der Waals surface area (Å²) in [5.74, 6) is -0.0998. The average molecular weight is 536 g/mol. The van der Waals surface area contributed by atoms with Gasteiger partial charge in [-0.05, 0) is 64.3 Å². The second kappa shape index (κ2) is 12.2. The van der Waals surface area contributed by atoms with Crippen molar-refractivity contribution in [2.75, 3.05) is 13.2 Å². The summed E-state index contributed by atoms with van der Waals surface area (Å²) < 4.78 is 12.3. The van der Waals surface area contributed by atoms with Crippen molar-refractivity contribution in [2.45, 2.75) is 19.8 Å². The van der Waals surface area contributed by atoms with Crippen molar-refractivity contribution in [3.05, 3.63) is 62.5 Å². The molecule has 0 saturated carbocycles.